The minimum Gasteiger partial charge on any atom is -0.378 e. The summed E-state index contributed by atoms with van der Waals surface area (Å²) in [6.45, 7) is 5.11. The van der Waals surface area contributed by atoms with Crippen molar-refractivity contribution in [3.63, 3.8) is 0 Å². The lowest BCUT2D eigenvalue weighted by Gasteiger charge is -2.40. The minimum atomic E-state index is 0.405. The van der Waals surface area contributed by atoms with E-state index in [4.69, 9.17) is 10.5 Å². The highest BCUT2D eigenvalue weighted by Gasteiger charge is 2.34. The van der Waals surface area contributed by atoms with Crippen molar-refractivity contribution in [1.29, 1.82) is 0 Å². The third-order valence-corrected chi connectivity index (χ3v) is 3.70. The van der Waals surface area contributed by atoms with Crippen molar-refractivity contribution in [2.24, 2.45) is 5.73 Å². The Balaban J connectivity index is 1.99. The molecule has 1 heterocycles. The number of morpholine rings is 1. The topological polar surface area (TPSA) is 38.5 Å². The smallest absolute Gasteiger partial charge is 0.0622 e. The molecule has 1 aliphatic heterocycles. The van der Waals surface area contributed by atoms with E-state index in [0.29, 0.717) is 18.1 Å². The van der Waals surface area contributed by atoms with Crippen LogP contribution in [0.4, 0.5) is 0 Å². The van der Waals surface area contributed by atoms with E-state index in [-0.39, 0.29) is 0 Å². The molecule has 2 N–H and O–H groups in total. The molecule has 82 valence electrons. The highest BCUT2D eigenvalue weighted by atomic mass is 16.5. The minimum absolute atomic E-state index is 0.405. The highest BCUT2D eigenvalue weighted by Crippen LogP contribution is 2.26. The second-order valence-electron chi connectivity index (χ2n) is 4.54. The fourth-order valence-corrected chi connectivity index (χ4v) is 2.84. The van der Waals surface area contributed by atoms with Gasteiger partial charge in [-0.25, -0.2) is 0 Å². The van der Waals surface area contributed by atoms with Gasteiger partial charge in [0.25, 0.3) is 0 Å². The molecule has 0 spiro atoms. The van der Waals surface area contributed by atoms with Gasteiger partial charge in [-0.05, 0) is 19.3 Å². The van der Waals surface area contributed by atoms with Crippen LogP contribution in [0.25, 0.3) is 0 Å². The van der Waals surface area contributed by atoms with Gasteiger partial charge < -0.3 is 10.5 Å². The molecule has 0 radical (unpaired) electrons. The lowest BCUT2D eigenvalue weighted by atomic mass is 10.1. The van der Waals surface area contributed by atoms with Crippen LogP contribution in [0, 0.1) is 0 Å². The fourth-order valence-electron chi connectivity index (χ4n) is 2.84. The van der Waals surface area contributed by atoms with Crippen molar-refractivity contribution in [2.45, 2.75) is 50.7 Å². The first-order valence-electron chi connectivity index (χ1n) is 5.92. The van der Waals surface area contributed by atoms with Crippen LogP contribution in [0.3, 0.4) is 0 Å². The molecular weight excluding hydrogens is 176 g/mol. The Bertz CT molecular complexity index is 186. The summed E-state index contributed by atoms with van der Waals surface area (Å²) in [5, 5.41) is 0. The molecule has 2 rings (SSSR count). The number of nitrogens with zero attached hydrogens (tertiary/aromatic N) is 1. The molecule has 0 amide bonds. The fraction of sp³-hybridized carbons (Fsp3) is 1.00. The molecule has 3 atom stereocenters. The Labute approximate surface area is 86.6 Å². The average molecular weight is 198 g/mol. The van der Waals surface area contributed by atoms with Gasteiger partial charge in [-0.1, -0.05) is 13.3 Å². The summed E-state index contributed by atoms with van der Waals surface area (Å²) in [5.41, 5.74) is 6.14. The quantitative estimate of drug-likeness (QED) is 0.719. The molecule has 0 bridgehead atoms. The first kappa shape index (κ1) is 10.4. The monoisotopic (exact) mass is 198 g/mol. The van der Waals surface area contributed by atoms with Gasteiger partial charge in [-0.2, -0.15) is 0 Å². The molecule has 0 aromatic heterocycles. The number of hydrogen-bond donors (Lipinski definition) is 1. The Morgan fingerprint density at radius 2 is 2.29 bits per heavy atom. The molecule has 1 saturated heterocycles. The summed E-state index contributed by atoms with van der Waals surface area (Å²) in [6.07, 6.45) is 4.99. The van der Waals surface area contributed by atoms with Crippen LogP contribution in [-0.2, 0) is 4.74 Å². The Hall–Kier alpha value is -0.120. The zero-order valence-corrected chi connectivity index (χ0v) is 9.11. The molecular formula is C11H22N2O. The number of rotatable bonds is 2. The van der Waals surface area contributed by atoms with Gasteiger partial charge in [0.05, 0.1) is 13.2 Å². The van der Waals surface area contributed by atoms with E-state index in [0.717, 1.165) is 19.8 Å². The first-order valence-corrected chi connectivity index (χ1v) is 5.92. The van der Waals surface area contributed by atoms with E-state index in [1.807, 2.05) is 0 Å². The first-order chi connectivity index (χ1) is 6.83. The summed E-state index contributed by atoms with van der Waals surface area (Å²) in [5.74, 6) is 0. The van der Waals surface area contributed by atoms with Crippen molar-refractivity contribution < 1.29 is 4.74 Å². The molecule has 0 aromatic carbocycles. The maximum Gasteiger partial charge on any atom is 0.0622 e. The Morgan fingerprint density at radius 3 is 2.93 bits per heavy atom. The van der Waals surface area contributed by atoms with E-state index in [2.05, 4.69) is 11.8 Å². The molecule has 14 heavy (non-hydrogen) atoms. The van der Waals surface area contributed by atoms with Gasteiger partial charge in [0.15, 0.2) is 0 Å². The van der Waals surface area contributed by atoms with Gasteiger partial charge in [0.2, 0.25) is 0 Å². The van der Waals surface area contributed by atoms with Gasteiger partial charge in [0, 0.05) is 24.7 Å². The predicted molar refractivity (Wildman–Crippen MR) is 57.2 cm³/mol. The molecule has 3 heteroatoms. The largest absolute Gasteiger partial charge is 0.378 e. The van der Waals surface area contributed by atoms with Crippen LogP contribution >= 0.6 is 0 Å². The summed E-state index contributed by atoms with van der Waals surface area (Å²) in [6, 6.07) is 1.64. The molecule has 0 aromatic rings. The molecule has 1 saturated carbocycles. The van der Waals surface area contributed by atoms with E-state index >= 15 is 0 Å². The molecule has 2 fully saturated rings. The zero-order valence-electron chi connectivity index (χ0n) is 9.11. The van der Waals surface area contributed by atoms with Crippen LogP contribution in [-0.4, -0.2) is 42.8 Å². The van der Waals surface area contributed by atoms with Crippen LogP contribution in [0.1, 0.15) is 32.6 Å². The zero-order chi connectivity index (χ0) is 9.97. The number of nitrogens with two attached hydrogens (primary N) is 1. The molecule has 3 nitrogen and oxygen atoms in total. The normalized spacial score (nSPS) is 40.3. The van der Waals surface area contributed by atoms with Crippen LogP contribution in [0.2, 0.25) is 0 Å². The third-order valence-electron chi connectivity index (χ3n) is 3.70. The van der Waals surface area contributed by atoms with Crippen molar-refractivity contribution in [3.8, 4) is 0 Å². The predicted octanol–water partition coefficient (Wildman–Crippen LogP) is 0.977. The van der Waals surface area contributed by atoms with Crippen molar-refractivity contribution >= 4 is 0 Å². The SMILES string of the molecule is CCC1COCCN1C1CCCC1N. The summed E-state index contributed by atoms with van der Waals surface area (Å²) in [4.78, 5) is 2.60. The van der Waals surface area contributed by atoms with Crippen LogP contribution in [0.15, 0.2) is 0 Å². The summed E-state index contributed by atoms with van der Waals surface area (Å²) < 4.78 is 5.52. The van der Waals surface area contributed by atoms with Gasteiger partial charge in [-0.15, -0.1) is 0 Å². The lowest BCUT2D eigenvalue weighted by molar-refractivity contribution is -0.0314. The van der Waals surface area contributed by atoms with E-state index in [1.54, 1.807) is 0 Å². The standard InChI is InChI=1S/C11H22N2O/c1-2-9-8-14-7-6-13(9)11-5-3-4-10(11)12/h9-11H,2-8,12H2,1H3. The van der Waals surface area contributed by atoms with Crippen molar-refractivity contribution in [2.75, 3.05) is 19.8 Å². The van der Waals surface area contributed by atoms with Crippen molar-refractivity contribution in [3.05, 3.63) is 0 Å². The second kappa shape index (κ2) is 4.60. The van der Waals surface area contributed by atoms with Crippen molar-refractivity contribution in [1.82, 2.24) is 4.90 Å². The van der Waals surface area contributed by atoms with Crippen LogP contribution < -0.4 is 5.73 Å². The average Bonchev–Trinajstić information content (AvgIpc) is 2.64. The van der Waals surface area contributed by atoms with Gasteiger partial charge in [0.1, 0.15) is 0 Å². The summed E-state index contributed by atoms with van der Waals surface area (Å²) in [7, 11) is 0. The Kier molecular flexibility index (Phi) is 3.42. The highest BCUT2D eigenvalue weighted by molar-refractivity contribution is 4.91. The van der Waals surface area contributed by atoms with E-state index < -0.39 is 0 Å². The maximum absolute atomic E-state index is 6.14. The third kappa shape index (κ3) is 1.95. The van der Waals surface area contributed by atoms with E-state index in [1.165, 1.54) is 25.7 Å². The van der Waals surface area contributed by atoms with Crippen LogP contribution in [0.5, 0.6) is 0 Å². The lowest BCUT2D eigenvalue weighted by Crippen LogP contribution is -2.54. The molecule has 2 aliphatic rings. The Morgan fingerprint density at radius 1 is 1.43 bits per heavy atom. The summed E-state index contributed by atoms with van der Waals surface area (Å²) >= 11 is 0. The molecule has 3 unspecified atom stereocenters. The number of ether oxygens (including phenoxy) is 1. The second-order valence-corrected chi connectivity index (χ2v) is 4.54. The van der Waals surface area contributed by atoms with E-state index in [9.17, 15) is 0 Å². The molecule has 1 aliphatic carbocycles. The maximum atomic E-state index is 6.14. The number of hydrogen-bond acceptors (Lipinski definition) is 3. The van der Waals surface area contributed by atoms with Gasteiger partial charge >= 0.3 is 0 Å². The van der Waals surface area contributed by atoms with Gasteiger partial charge in [-0.3, -0.25) is 4.90 Å².